The Labute approximate surface area is 166 Å². The standard InChI is InChI=1S/C22H30N4O2/c1-5-20-23-15(3)21(24-20)18-12-25(4)13-19(18)22(27)26-10-17(11-26)28-16-8-6-7-14(2)9-16/h6-9,17-19H,5,10-13H2,1-4H3,(H,23,24)/t18-,19-/m0/s1. The summed E-state index contributed by atoms with van der Waals surface area (Å²) in [6.07, 6.45) is 0.966. The van der Waals surface area contributed by atoms with E-state index in [1.807, 2.05) is 23.1 Å². The topological polar surface area (TPSA) is 61.5 Å². The molecule has 2 aliphatic rings. The van der Waals surface area contributed by atoms with Gasteiger partial charge in [-0.3, -0.25) is 4.79 Å². The number of aromatic nitrogens is 2. The van der Waals surface area contributed by atoms with Gasteiger partial charge in [-0.15, -0.1) is 0 Å². The summed E-state index contributed by atoms with van der Waals surface area (Å²) in [7, 11) is 2.09. The third-order valence-corrected chi connectivity index (χ3v) is 5.93. The van der Waals surface area contributed by atoms with E-state index in [2.05, 4.69) is 43.8 Å². The molecule has 150 valence electrons. The Morgan fingerprint density at radius 3 is 2.71 bits per heavy atom. The van der Waals surface area contributed by atoms with Gasteiger partial charge in [0.1, 0.15) is 17.7 Å². The predicted molar refractivity (Wildman–Crippen MR) is 109 cm³/mol. The lowest BCUT2D eigenvalue weighted by atomic mass is 9.89. The largest absolute Gasteiger partial charge is 0.487 e. The molecular formula is C22H30N4O2. The van der Waals surface area contributed by atoms with Gasteiger partial charge in [-0.1, -0.05) is 19.1 Å². The normalized spacial score (nSPS) is 23.1. The van der Waals surface area contributed by atoms with Crippen molar-refractivity contribution in [3.05, 3.63) is 47.0 Å². The smallest absolute Gasteiger partial charge is 0.227 e. The molecule has 0 spiro atoms. The van der Waals surface area contributed by atoms with Gasteiger partial charge in [-0.05, 0) is 38.6 Å². The minimum Gasteiger partial charge on any atom is -0.487 e. The zero-order valence-electron chi connectivity index (χ0n) is 17.2. The van der Waals surface area contributed by atoms with E-state index in [4.69, 9.17) is 9.72 Å². The monoisotopic (exact) mass is 382 g/mol. The second kappa shape index (κ2) is 7.59. The van der Waals surface area contributed by atoms with Crippen LogP contribution >= 0.6 is 0 Å². The molecule has 2 aromatic rings. The molecule has 4 rings (SSSR count). The number of likely N-dealkylation sites (N-methyl/N-ethyl adjacent to an activating group) is 1. The molecule has 2 aliphatic heterocycles. The van der Waals surface area contributed by atoms with Crippen LogP contribution in [0.2, 0.25) is 0 Å². The van der Waals surface area contributed by atoms with Crippen LogP contribution in [0.25, 0.3) is 0 Å². The van der Waals surface area contributed by atoms with Crippen molar-refractivity contribution in [2.24, 2.45) is 5.92 Å². The second-order valence-corrected chi connectivity index (χ2v) is 8.28. The van der Waals surface area contributed by atoms with E-state index in [0.29, 0.717) is 13.1 Å². The van der Waals surface area contributed by atoms with Gasteiger partial charge in [-0.2, -0.15) is 0 Å². The molecule has 0 bridgehead atoms. The van der Waals surface area contributed by atoms with Crippen molar-refractivity contribution >= 4 is 5.91 Å². The maximum absolute atomic E-state index is 13.2. The maximum Gasteiger partial charge on any atom is 0.227 e. The Hall–Kier alpha value is -2.34. The molecule has 1 amide bonds. The average molecular weight is 383 g/mol. The first kappa shape index (κ1) is 19.0. The third kappa shape index (κ3) is 3.65. The van der Waals surface area contributed by atoms with Crippen molar-refractivity contribution in [2.75, 3.05) is 33.2 Å². The second-order valence-electron chi connectivity index (χ2n) is 8.28. The Morgan fingerprint density at radius 1 is 1.25 bits per heavy atom. The zero-order chi connectivity index (χ0) is 19.8. The first-order valence-corrected chi connectivity index (χ1v) is 10.2. The van der Waals surface area contributed by atoms with Crippen molar-refractivity contribution in [3.63, 3.8) is 0 Å². The lowest BCUT2D eigenvalue weighted by Crippen LogP contribution is -2.58. The number of aromatic amines is 1. The highest BCUT2D eigenvalue weighted by Crippen LogP contribution is 2.35. The summed E-state index contributed by atoms with van der Waals surface area (Å²) >= 11 is 0. The molecule has 0 radical (unpaired) electrons. The number of nitrogens with one attached hydrogen (secondary N) is 1. The summed E-state index contributed by atoms with van der Waals surface area (Å²) in [4.78, 5) is 25.5. The Kier molecular flexibility index (Phi) is 5.15. The van der Waals surface area contributed by atoms with Gasteiger partial charge in [0.15, 0.2) is 0 Å². The lowest BCUT2D eigenvalue weighted by Gasteiger charge is -2.40. The van der Waals surface area contributed by atoms with E-state index in [1.54, 1.807) is 0 Å². The van der Waals surface area contributed by atoms with E-state index >= 15 is 0 Å². The fraction of sp³-hybridized carbons (Fsp3) is 0.545. The van der Waals surface area contributed by atoms with Gasteiger partial charge < -0.3 is 19.5 Å². The molecular weight excluding hydrogens is 352 g/mol. The molecule has 2 fully saturated rings. The van der Waals surface area contributed by atoms with Crippen molar-refractivity contribution < 1.29 is 9.53 Å². The number of likely N-dealkylation sites (tertiary alicyclic amines) is 2. The number of carbonyl (C=O) groups is 1. The van der Waals surface area contributed by atoms with Crippen LogP contribution in [-0.4, -0.2) is 65.0 Å². The molecule has 1 aromatic heterocycles. The van der Waals surface area contributed by atoms with Crippen molar-refractivity contribution in [1.82, 2.24) is 19.8 Å². The van der Waals surface area contributed by atoms with Gasteiger partial charge >= 0.3 is 0 Å². The fourth-order valence-corrected chi connectivity index (χ4v) is 4.40. The number of nitrogens with zero attached hydrogens (tertiary/aromatic N) is 3. The molecule has 2 saturated heterocycles. The van der Waals surface area contributed by atoms with Crippen LogP contribution in [0, 0.1) is 19.8 Å². The van der Waals surface area contributed by atoms with E-state index in [0.717, 1.165) is 42.5 Å². The molecule has 3 heterocycles. The number of imidazole rings is 1. The molecule has 1 N–H and O–H groups in total. The number of hydrogen-bond donors (Lipinski definition) is 1. The Balaban J connectivity index is 1.40. The first-order valence-electron chi connectivity index (χ1n) is 10.2. The molecule has 6 nitrogen and oxygen atoms in total. The summed E-state index contributed by atoms with van der Waals surface area (Å²) in [5.74, 6) is 2.25. The molecule has 28 heavy (non-hydrogen) atoms. The zero-order valence-corrected chi connectivity index (χ0v) is 17.2. The third-order valence-electron chi connectivity index (χ3n) is 5.93. The van der Waals surface area contributed by atoms with E-state index < -0.39 is 0 Å². The summed E-state index contributed by atoms with van der Waals surface area (Å²) < 4.78 is 6.02. The number of carbonyl (C=O) groups excluding carboxylic acids is 1. The number of aryl methyl sites for hydroxylation is 3. The van der Waals surface area contributed by atoms with Crippen LogP contribution < -0.4 is 4.74 Å². The SMILES string of the molecule is CCc1nc([C@H]2CN(C)C[C@@H]2C(=O)N2CC(Oc3cccc(C)c3)C2)c(C)[nH]1. The van der Waals surface area contributed by atoms with Crippen molar-refractivity contribution in [2.45, 2.75) is 39.2 Å². The molecule has 0 saturated carbocycles. The van der Waals surface area contributed by atoms with Gasteiger partial charge in [0.05, 0.1) is 24.7 Å². The van der Waals surface area contributed by atoms with E-state index in [9.17, 15) is 4.79 Å². The van der Waals surface area contributed by atoms with Crippen molar-refractivity contribution in [1.29, 1.82) is 0 Å². The van der Waals surface area contributed by atoms with Crippen LogP contribution in [0.1, 0.15) is 35.6 Å². The first-order chi connectivity index (χ1) is 13.4. The summed E-state index contributed by atoms with van der Waals surface area (Å²) in [5, 5.41) is 0. The van der Waals surface area contributed by atoms with E-state index in [1.165, 1.54) is 5.56 Å². The van der Waals surface area contributed by atoms with Gasteiger partial charge in [0.25, 0.3) is 0 Å². The number of amides is 1. The van der Waals surface area contributed by atoms with E-state index in [-0.39, 0.29) is 23.8 Å². The molecule has 1 aromatic carbocycles. The number of H-pyrrole nitrogens is 1. The molecule has 2 atom stereocenters. The molecule has 6 heteroatoms. The number of rotatable bonds is 5. The summed E-state index contributed by atoms with van der Waals surface area (Å²) in [6, 6.07) is 8.08. The minimum absolute atomic E-state index is 0.0309. The molecule has 0 aliphatic carbocycles. The highest BCUT2D eigenvalue weighted by molar-refractivity contribution is 5.81. The maximum atomic E-state index is 13.2. The Morgan fingerprint density at radius 2 is 2.04 bits per heavy atom. The van der Waals surface area contributed by atoms with Crippen LogP contribution in [0.15, 0.2) is 24.3 Å². The van der Waals surface area contributed by atoms with Crippen LogP contribution in [0.4, 0.5) is 0 Å². The van der Waals surface area contributed by atoms with Crippen LogP contribution in [0.5, 0.6) is 5.75 Å². The van der Waals surface area contributed by atoms with Crippen LogP contribution in [-0.2, 0) is 11.2 Å². The van der Waals surface area contributed by atoms with Gasteiger partial charge in [0.2, 0.25) is 5.91 Å². The number of benzene rings is 1. The lowest BCUT2D eigenvalue weighted by molar-refractivity contribution is -0.144. The average Bonchev–Trinajstić information content (AvgIpc) is 3.19. The predicted octanol–water partition coefficient (Wildman–Crippen LogP) is 2.52. The quantitative estimate of drug-likeness (QED) is 0.863. The fourth-order valence-electron chi connectivity index (χ4n) is 4.40. The Bertz CT molecular complexity index is 856. The van der Waals surface area contributed by atoms with Crippen LogP contribution in [0.3, 0.4) is 0 Å². The number of hydrogen-bond acceptors (Lipinski definition) is 4. The van der Waals surface area contributed by atoms with Gasteiger partial charge in [0, 0.05) is 31.1 Å². The minimum atomic E-state index is -0.0309. The summed E-state index contributed by atoms with van der Waals surface area (Å²) in [5.41, 5.74) is 3.34. The number of ether oxygens (including phenoxy) is 1. The van der Waals surface area contributed by atoms with Crippen molar-refractivity contribution in [3.8, 4) is 5.75 Å². The van der Waals surface area contributed by atoms with Gasteiger partial charge in [-0.25, -0.2) is 4.98 Å². The highest BCUT2D eigenvalue weighted by atomic mass is 16.5. The molecule has 0 unspecified atom stereocenters. The summed E-state index contributed by atoms with van der Waals surface area (Å²) in [6.45, 7) is 9.22. The highest BCUT2D eigenvalue weighted by Gasteiger charge is 2.44.